The Morgan fingerprint density at radius 2 is 1.95 bits per heavy atom. The molecular weight excluding hydrogens is 282 g/mol. The highest BCUT2D eigenvalue weighted by Crippen LogP contribution is 2.20. The van der Waals surface area contributed by atoms with E-state index >= 15 is 0 Å². The largest absolute Gasteiger partial charge is 0.364 e. The molecule has 2 aliphatic rings. The molecule has 0 aromatic carbocycles. The molecule has 1 amide bonds. The van der Waals surface area contributed by atoms with E-state index in [-0.39, 0.29) is 18.1 Å². The number of carbonyl (C=O) groups excluding carboxylic acids is 1. The van der Waals surface area contributed by atoms with Gasteiger partial charge in [-0.1, -0.05) is 0 Å². The number of nitrogens with one attached hydrogen (secondary N) is 1. The minimum absolute atomic E-state index is 0.0159. The minimum Gasteiger partial charge on any atom is -0.364 e. The van der Waals surface area contributed by atoms with Crippen molar-refractivity contribution >= 4 is 15.9 Å². The van der Waals surface area contributed by atoms with Gasteiger partial charge < -0.3 is 15.8 Å². The molecule has 0 spiro atoms. The highest BCUT2D eigenvalue weighted by molar-refractivity contribution is 7.88. The van der Waals surface area contributed by atoms with Gasteiger partial charge in [-0.05, 0) is 25.7 Å². The monoisotopic (exact) mass is 305 g/mol. The molecule has 0 radical (unpaired) electrons. The van der Waals surface area contributed by atoms with E-state index in [2.05, 4.69) is 5.32 Å². The molecule has 3 N–H and O–H groups in total. The number of hydrogen-bond donors (Lipinski definition) is 2. The zero-order valence-electron chi connectivity index (χ0n) is 11.7. The van der Waals surface area contributed by atoms with Crippen molar-refractivity contribution < 1.29 is 17.9 Å². The molecule has 2 saturated heterocycles. The SMILES string of the molecule is CS(=O)(=O)N1CCC(NC(=O)C2CCC(CN)O2)CC1. The zero-order valence-corrected chi connectivity index (χ0v) is 12.6. The maximum Gasteiger partial charge on any atom is 0.249 e. The Morgan fingerprint density at radius 1 is 1.30 bits per heavy atom. The third kappa shape index (κ3) is 3.91. The summed E-state index contributed by atoms with van der Waals surface area (Å²) >= 11 is 0. The molecule has 2 unspecified atom stereocenters. The first-order valence-electron chi connectivity index (χ1n) is 7.01. The average molecular weight is 305 g/mol. The molecule has 2 fully saturated rings. The lowest BCUT2D eigenvalue weighted by molar-refractivity contribution is -0.132. The Kier molecular flexibility index (Phi) is 5.00. The van der Waals surface area contributed by atoms with E-state index < -0.39 is 16.1 Å². The molecular formula is C12H23N3O4S. The van der Waals surface area contributed by atoms with Crippen LogP contribution in [0.1, 0.15) is 25.7 Å². The van der Waals surface area contributed by atoms with Crippen LogP contribution in [-0.2, 0) is 19.6 Å². The number of carbonyl (C=O) groups is 1. The van der Waals surface area contributed by atoms with Crippen LogP contribution in [0.25, 0.3) is 0 Å². The fraction of sp³-hybridized carbons (Fsp3) is 0.917. The van der Waals surface area contributed by atoms with Gasteiger partial charge in [0.2, 0.25) is 15.9 Å². The Labute approximate surface area is 119 Å². The standard InChI is InChI=1S/C12H23N3O4S/c1-20(17,18)15-6-4-9(5-7-15)14-12(16)11-3-2-10(8-13)19-11/h9-11H,2-8,13H2,1H3,(H,14,16). The maximum absolute atomic E-state index is 12.0. The lowest BCUT2D eigenvalue weighted by atomic mass is 10.1. The zero-order chi connectivity index (χ0) is 14.8. The number of sulfonamides is 1. The Morgan fingerprint density at radius 3 is 2.45 bits per heavy atom. The Balaban J connectivity index is 1.77. The molecule has 116 valence electrons. The fourth-order valence-corrected chi connectivity index (χ4v) is 3.57. The number of nitrogens with zero attached hydrogens (tertiary/aromatic N) is 1. The molecule has 2 aliphatic heterocycles. The average Bonchev–Trinajstić information content (AvgIpc) is 2.87. The molecule has 7 nitrogen and oxygen atoms in total. The van der Waals surface area contributed by atoms with Crippen LogP contribution in [0.3, 0.4) is 0 Å². The summed E-state index contributed by atoms with van der Waals surface area (Å²) in [5.41, 5.74) is 5.52. The van der Waals surface area contributed by atoms with E-state index in [1.165, 1.54) is 10.6 Å². The smallest absolute Gasteiger partial charge is 0.249 e. The molecule has 2 atom stereocenters. The van der Waals surface area contributed by atoms with E-state index in [0.717, 1.165) is 6.42 Å². The van der Waals surface area contributed by atoms with Crippen molar-refractivity contribution in [2.75, 3.05) is 25.9 Å². The van der Waals surface area contributed by atoms with Crippen LogP contribution < -0.4 is 11.1 Å². The summed E-state index contributed by atoms with van der Waals surface area (Å²) in [5, 5.41) is 2.95. The fourth-order valence-electron chi connectivity index (χ4n) is 2.70. The van der Waals surface area contributed by atoms with Crippen molar-refractivity contribution in [1.82, 2.24) is 9.62 Å². The first-order valence-corrected chi connectivity index (χ1v) is 8.86. The van der Waals surface area contributed by atoms with Crippen molar-refractivity contribution in [3.8, 4) is 0 Å². The van der Waals surface area contributed by atoms with E-state index in [1.807, 2.05) is 0 Å². The second-order valence-corrected chi connectivity index (χ2v) is 7.49. The summed E-state index contributed by atoms with van der Waals surface area (Å²) < 4.78 is 29.8. The normalized spacial score (nSPS) is 29.5. The molecule has 0 aromatic heterocycles. The first-order chi connectivity index (χ1) is 9.40. The summed E-state index contributed by atoms with van der Waals surface area (Å²) in [4.78, 5) is 12.0. The molecule has 0 aliphatic carbocycles. The Hall–Kier alpha value is -0.700. The van der Waals surface area contributed by atoms with Crippen LogP contribution in [0.4, 0.5) is 0 Å². The van der Waals surface area contributed by atoms with Gasteiger partial charge in [0, 0.05) is 25.7 Å². The number of ether oxygens (including phenoxy) is 1. The van der Waals surface area contributed by atoms with Crippen molar-refractivity contribution in [1.29, 1.82) is 0 Å². The molecule has 20 heavy (non-hydrogen) atoms. The van der Waals surface area contributed by atoms with Gasteiger partial charge in [0.1, 0.15) is 6.10 Å². The highest BCUT2D eigenvalue weighted by atomic mass is 32.2. The van der Waals surface area contributed by atoms with E-state index in [0.29, 0.717) is 38.9 Å². The van der Waals surface area contributed by atoms with Crippen molar-refractivity contribution in [3.05, 3.63) is 0 Å². The third-order valence-electron chi connectivity index (χ3n) is 3.93. The second-order valence-electron chi connectivity index (χ2n) is 5.50. The highest BCUT2D eigenvalue weighted by Gasteiger charge is 2.32. The van der Waals surface area contributed by atoms with Crippen LogP contribution in [0.15, 0.2) is 0 Å². The molecule has 0 aromatic rings. The van der Waals surface area contributed by atoms with Gasteiger partial charge in [-0.15, -0.1) is 0 Å². The van der Waals surface area contributed by atoms with E-state index in [9.17, 15) is 13.2 Å². The summed E-state index contributed by atoms with van der Waals surface area (Å²) in [6, 6.07) is 0.0287. The molecule has 2 rings (SSSR count). The number of piperidine rings is 1. The molecule has 0 bridgehead atoms. The summed E-state index contributed by atoms with van der Waals surface area (Å²) in [7, 11) is -3.12. The van der Waals surface area contributed by atoms with Gasteiger partial charge in [0.15, 0.2) is 0 Å². The van der Waals surface area contributed by atoms with Crippen molar-refractivity contribution in [2.45, 2.75) is 43.9 Å². The second kappa shape index (κ2) is 6.38. The van der Waals surface area contributed by atoms with Crippen LogP contribution in [0, 0.1) is 0 Å². The van der Waals surface area contributed by atoms with Gasteiger partial charge >= 0.3 is 0 Å². The van der Waals surface area contributed by atoms with Crippen molar-refractivity contribution in [2.24, 2.45) is 5.73 Å². The lowest BCUT2D eigenvalue weighted by Crippen LogP contribution is -2.48. The maximum atomic E-state index is 12.0. The molecule has 0 saturated carbocycles. The predicted octanol–water partition coefficient (Wildman–Crippen LogP) is -0.967. The van der Waals surface area contributed by atoms with Crippen molar-refractivity contribution in [3.63, 3.8) is 0 Å². The van der Waals surface area contributed by atoms with E-state index in [4.69, 9.17) is 10.5 Å². The van der Waals surface area contributed by atoms with Crippen LogP contribution >= 0.6 is 0 Å². The number of hydrogen-bond acceptors (Lipinski definition) is 5. The summed E-state index contributed by atoms with van der Waals surface area (Å²) in [6.07, 6.45) is 3.61. The van der Waals surface area contributed by atoms with Crippen LogP contribution in [-0.4, -0.2) is 62.8 Å². The van der Waals surface area contributed by atoms with Crippen LogP contribution in [0.2, 0.25) is 0 Å². The lowest BCUT2D eigenvalue weighted by Gasteiger charge is -2.31. The van der Waals surface area contributed by atoms with Gasteiger partial charge in [-0.2, -0.15) is 0 Å². The predicted molar refractivity (Wildman–Crippen MR) is 74.5 cm³/mol. The van der Waals surface area contributed by atoms with Crippen LogP contribution in [0.5, 0.6) is 0 Å². The van der Waals surface area contributed by atoms with E-state index in [1.54, 1.807) is 0 Å². The molecule has 2 heterocycles. The Bertz CT molecular complexity index is 446. The van der Waals surface area contributed by atoms with Gasteiger partial charge in [0.25, 0.3) is 0 Å². The van der Waals surface area contributed by atoms with Gasteiger partial charge in [-0.25, -0.2) is 12.7 Å². The summed E-state index contributed by atoms with van der Waals surface area (Å²) in [5.74, 6) is -0.0984. The quantitative estimate of drug-likeness (QED) is 0.696. The number of rotatable bonds is 4. The summed E-state index contributed by atoms with van der Waals surface area (Å²) in [6.45, 7) is 1.36. The van der Waals surface area contributed by atoms with Gasteiger partial charge in [0.05, 0.1) is 12.4 Å². The topological polar surface area (TPSA) is 102 Å². The number of nitrogens with two attached hydrogens (primary N) is 1. The number of amides is 1. The first kappa shape index (κ1) is 15.7. The minimum atomic E-state index is -3.12. The molecule has 8 heteroatoms. The van der Waals surface area contributed by atoms with Gasteiger partial charge in [-0.3, -0.25) is 4.79 Å². The third-order valence-corrected chi connectivity index (χ3v) is 5.24.